The monoisotopic (exact) mass is 283 g/mol. The number of aliphatic imine (C=N–C) groups is 2. The minimum atomic E-state index is -0.312. The highest BCUT2D eigenvalue weighted by atomic mass is 35.5. The number of amidine groups is 1. The van der Waals surface area contributed by atoms with Crippen LogP contribution in [-0.2, 0) is 0 Å². The number of hydrogen-bond acceptors (Lipinski definition) is 6. The zero-order chi connectivity index (χ0) is 13.2. The topological polar surface area (TPSA) is 81.0 Å². The molecule has 0 bridgehead atoms. The summed E-state index contributed by atoms with van der Waals surface area (Å²) in [4.78, 5) is 8.65. The van der Waals surface area contributed by atoms with Gasteiger partial charge in [-0.3, -0.25) is 10.3 Å². The van der Waals surface area contributed by atoms with E-state index in [2.05, 4.69) is 25.9 Å². The average molecular weight is 284 g/mol. The molecule has 0 saturated carbocycles. The lowest BCUT2D eigenvalue weighted by Crippen LogP contribution is -2.50. The SMILES string of the molecule is O[C@@H]1CNCCC(NC2N=CNC3=NC=C(Cl)C32)C1. The second kappa shape index (κ2) is 5.58. The summed E-state index contributed by atoms with van der Waals surface area (Å²) in [6.45, 7) is 1.56. The average Bonchev–Trinajstić information content (AvgIpc) is 2.65. The zero-order valence-electron chi connectivity index (χ0n) is 10.5. The number of halogens is 1. The van der Waals surface area contributed by atoms with Crippen molar-refractivity contribution in [3.63, 3.8) is 0 Å². The summed E-state index contributed by atoms with van der Waals surface area (Å²) in [5.41, 5.74) is 0. The molecule has 1 saturated heterocycles. The molecule has 3 unspecified atom stereocenters. The van der Waals surface area contributed by atoms with Gasteiger partial charge in [0.2, 0.25) is 0 Å². The quantitative estimate of drug-likeness (QED) is 0.564. The number of hydrogen-bond donors (Lipinski definition) is 4. The van der Waals surface area contributed by atoms with Crippen LogP contribution in [-0.4, -0.2) is 48.7 Å². The van der Waals surface area contributed by atoms with Crippen molar-refractivity contribution in [2.75, 3.05) is 13.1 Å². The van der Waals surface area contributed by atoms with Gasteiger partial charge >= 0.3 is 0 Å². The van der Waals surface area contributed by atoms with Crippen LogP contribution in [0.3, 0.4) is 0 Å². The van der Waals surface area contributed by atoms with Gasteiger partial charge in [0.05, 0.1) is 23.4 Å². The molecule has 104 valence electrons. The third-order valence-electron chi connectivity index (χ3n) is 3.69. The largest absolute Gasteiger partial charge is 0.392 e. The first kappa shape index (κ1) is 13.1. The Balaban J connectivity index is 1.68. The van der Waals surface area contributed by atoms with E-state index in [1.807, 2.05) is 0 Å². The highest BCUT2D eigenvalue weighted by Gasteiger charge is 2.35. The van der Waals surface area contributed by atoms with E-state index in [4.69, 9.17) is 11.6 Å². The van der Waals surface area contributed by atoms with Gasteiger partial charge in [0.15, 0.2) is 0 Å². The summed E-state index contributed by atoms with van der Waals surface area (Å²) in [5.74, 6) is 0.810. The van der Waals surface area contributed by atoms with E-state index in [0.29, 0.717) is 11.6 Å². The Morgan fingerprint density at radius 1 is 1.47 bits per heavy atom. The van der Waals surface area contributed by atoms with Gasteiger partial charge in [-0.1, -0.05) is 11.6 Å². The van der Waals surface area contributed by atoms with E-state index in [1.54, 1.807) is 12.5 Å². The van der Waals surface area contributed by atoms with Crippen LogP contribution < -0.4 is 16.0 Å². The van der Waals surface area contributed by atoms with E-state index in [9.17, 15) is 5.11 Å². The van der Waals surface area contributed by atoms with Gasteiger partial charge in [0, 0.05) is 18.8 Å². The van der Waals surface area contributed by atoms with Crippen LogP contribution in [0.2, 0.25) is 0 Å². The third-order valence-corrected chi connectivity index (χ3v) is 4.03. The number of fused-ring (bicyclic) bond motifs is 1. The fourth-order valence-corrected chi connectivity index (χ4v) is 3.00. The number of nitrogens with one attached hydrogen (secondary N) is 3. The second-order valence-electron chi connectivity index (χ2n) is 5.12. The molecule has 0 radical (unpaired) electrons. The third kappa shape index (κ3) is 2.81. The molecule has 0 spiro atoms. The van der Waals surface area contributed by atoms with Crippen molar-refractivity contribution in [3.05, 3.63) is 11.2 Å². The van der Waals surface area contributed by atoms with Crippen molar-refractivity contribution in [2.24, 2.45) is 15.9 Å². The fourth-order valence-electron chi connectivity index (χ4n) is 2.73. The first-order valence-corrected chi connectivity index (χ1v) is 6.98. The molecule has 3 rings (SSSR count). The molecule has 7 heteroatoms. The Labute approximate surface area is 117 Å². The first-order chi connectivity index (χ1) is 9.24. The Hall–Kier alpha value is -0.950. The van der Waals surface area contributed by atoms with E-state index in [1.165, 1.54) is 0 Å². The van der Waals surface area contributed by atoms with Crippen LogP contribution >= 0.6 is 11.6 Å². The van der Waals surface area contributed by atoms with Gasteiger partial charge in [0.25, 0.3) is 0 Å². The molecule has 19 heavy (non-hydrogen) atoms. The summed E-state index contributed by atoms with van der Waals surface area (Å²) in [7, 11) is 0. The number of aliphatic hydroxyl groups is 1. The molecule has 0 aliphatic carbocycles. The maximum absolute atomic E-state index is 9.81. The molecular formula is C12H18ClN5O. The minimum Gasteiger partial charge on any atom is -0.392 e. The summed E-state index contributed by atoms with van der Waals surface area (Å²) in [6, 6.07) is 0.233. The Morgan fingerprint density at radius 3 is 3.26 bits per heavy atom. The maximum Gasteiger partial charge on any atom is 0.119 e. The van der Waals surface area contributed by atoms with Gasteiger partial charge in [-0.25, -0.2) is 4.99 Å². The summed E-state index contributed by atoms with van der Waals surface area (Å²) >= 11 is 6.19. The molecule has 0 aromatic heterocycles. The van der Waals surface area contributed by atoms with Crippen molar-refractivity contribution in [2.45, 2.75) is 31.2 Å². The van der Waals surface area contributed by atoms with Gasteiger partial charge in [-0.15, -0.1) is 0 Å². The van der Waals surface area contributed by atoms with Gasteiger partial charge < -0.3 is 15.7 Å². The second-order valence-corrected chi connectivity index (χ2v) is 5.56. The molecule has 3 heterocycles. The van der Waals surface area contributed by atoms with Crippen LogP contribution in [0, 0.1) is 5.92 Å². The zero-order valence-corrected chi connectivity index (χ0v) is 11.3. The lowest BCUT2D eigenvalue weighted by Gasteiger charge is -2.30. The minimum absolute atomic E-state index is 0.0278. The summed E-state index contributed by atoms with van der Waals surface area (Å²) < 4.78 is 0. The number of rotatable bonds is 2. The molecule has 0 aromatic carbocycles. The molecule has 1 fully saturated rings. The van der Waals surface area contributed by atoms with Crippen molar-refractivity contribution in [3.8, 4) is 0 Å². The molecule has 3 aliphatic heterocycles. The molecule has 6 nitrogen and oxygen atoms in total. The number of nitrogens with zero attached hydrogens (tertiary/aromatic N) is 2. The van der Waals surface area contributed by atoms with E-state index in [0.717, 1.165) is 25.2 Å². The number of aliphatic hydroxyl groups excluding tert-OH is 1. The lowest BCUT2D eigenvalue weighted by molar-refractivity contribution is 0.155. The van der Waals surface area contributed by atoms with Crippen molar-refractivity contribution >= 4 is 23.8 Å². The van der Waals surface area contributed by atoms with Gasteiger partial charge in [0.1, 0.15) is 12.0 Å². The first-order valence-electron chi connectivity index (χ1n) is 6.60. The highest BCUT2D eigenvalue weighted by molar-refractivity contribution is 6.32. The van der Waals surface area contributed by atoms with Crippen LogP contribution in [0.25, 0.3) is 0 Å². The highest BCUT2D eigenvalue weighted by Crippen LogP contribution is 2.28. The molecule has 4 N–H and O–H groups in total. The van der Waals surface area contributed by atoms with Crippen LogP contribution in [0.5, 0.6) is 0 Å². The molecular weight excluding hydrogens is 266 g/mol. The normalized spacial score (nSPS) is 38.0. The van der Waals surface area contributed by atoms with Crippen LogP contribution in [0.4, 0.5) is 0 Å². The predicted molar refractivity (Wildman–Crippen MR) is 75.3 cm³/mol. The van der Waals surface area contributed by atoms with Gasteiger partial charge in [-0.2, -0.15) is 0 Å². The van der Waals surface area contributed by atoms with E-state index >= 15 is 0 Å². The molecule has 3 aliphatic rings. The predicted octanol–water partition coefficient (Wildman–Crippen LogP) is -0.245. The summed E-state index contributed by atoms with van der Waals surface area (Å²) in [5, 5.41) is 20.2. The van der Waals surface area contributed by atoms with E-state index < -0.39 is 0 Å². The van der Waals surface area contributed by atoms with Crippen molar-refractivity contribution in [1.29, 1.82) is 0 Å². The standard InChI is InChI=1S/C12H18ClN5O/c13-9-5-15-11-10(9)12(17-6-16-11)18-7-1-2-14-4-8(19)3-7/h5-8,10,12,14,18-19H,1-4H2,(H,15,16,17)/t7?,8-,10?,12?/m0/s1. The number of β-amino-alcohol motifs (C(OH)–C–C–N with tert-alkyl or cyclic N) is 1. The van der Waals surface area contributed by atoms with E-state index in [-0.39, 0.29) is 24.2 Å². The molecule has 0 amide bonds. The van der Waals surface area contributed by atoms with Crippen molar-refractivity contribution < 1.29 is 5.11 Å². The molecule has 4 atom stereocenters. The summed E-state index contributed by atoms with van der Waals surface area (Å²) in [6.07, 6.45) is 4.60. The van der Waals surface area contributed by atoms with Crippen LogP contribution in [0.1, 0.15) is 12.8 Å². The Bertz CT molecular complexity index is 436. The maximum atomic E-state index is 9.81. The molecule has 0 aromatic rings. The Kier molecular flexibility index (Phi) is 3.83. The van der Waals surface area contributed by atoms with Crippen molar-refractivity contribution in [1.82, 2.24) is 16.0 Å². The van der Waals surface area contributed by atoms with Gasteiger partial charge in [-0.05, 0) is 19.4 Å². The Morgan fingerprint density at radius 2 is 2.37 bits per heavy atom. The smallest absolute Gasteiger partial charge is 0.119 e. The fraction of sp³-hybridized carbons (Fsp3) is 0.667. The van der Waals surface area contributed by atoms with Crippen LogP contribution in [0.15, 0.2) is 21.2 Å². The lowest BCUT2D eigenvalue weighted by atomic mass is 10.0.